The lowest BCUT2D eigenvalue weighted by Gasteiger charge is -2.17. The molecule has 1 atom stereocenters. The standard InChI is InChI=1S/C24H22F3N5O5/c1-13(33)14-2-5-19(18(8-14)24(25,26)27)37-17-4-3-16(28-12-17)11-29-21(35)23(6-7-23)32-20(34)15-9-30-22(36)31-10-15/h2-5,8-10,12-13,33H,6-7,11H2,1H3,(H,29,35)(H,32,34)(H,30,31,36). The summed E-state index contributed by atoms with van der Waals surface area (Å²) in [5.74, 6) is -1.37. The molecule has 1 aromatic carbocycles. The van der Waals surface area contributed by atoms with Gasteiger partial charge in [0.2, 0.25) is 5.91 Å². The second-order valence-corrected chi connectivity index (χ2v) is 8.51. The molecule has 0 radical (unpaired) electrons. The molecule has 0 spiro atoms. The molecule has 4 N–H and O–H groups in total. The molecule has 2 amide bonds. The number of halogens is 3. The first kappa shape index (κ1) is 25.8. The molecular weight excluding hydrogens is 495 g/mol. The topological polar surface area (TPSA) is 147 Å². The zero-order valence-corrected chi connectivity index (χ0v) is 19.4. The summed E-state index contributed by atoms with van der Waals surface area (Å²) in [7, 11) is 0. The van der Waals surface area contributed by atoms with E-state index in [9.17, 15) is 27.9 Å². The fourth-order valence-electron chi connectivity index (χ4n) is 3.42. The summed E-state index contributed by atoms with van der Waals surface area (Å²) in [6.45, 7) is 1.37. The van der Waals surface area contributed by atoms with Crippen LogP contribution in [0.4, 0.5) is 13.2 Å². The average Bonchev–Trinajstić information content (AvgIpc) is 3.64. The number of aliphatic hydroxyl groups is 1. The van der Waals surface area contributed by atoms with Gasteiger partial charge in [0.15, 0.2) is 0 Å². The normalized spacial score (nSPS) is 14.9. The summed E-state index contributed by atoms with van der Waals surface area (Å²) in [5, 5.41) is 24.0. The molecule has 1 saturated carbocycles. The summed E-state index contributed by atoms with van der Waals surface area (Å²) in [4.78, 5) is 36.2. The number of amides is 2. The molecule has 13 heteroatoms. The lowest BCUT2D eigenvalue weighted by molar-refractivity contribution is -0.138. The van der Waals surface area contributed by atoms with Crippen LogP contribution in [0.2, 0.25) is 0 Å². The molecule has 0 saturated heterocycles. The molecule has 2 aromatic heterocycles. The van der Waals surface area contributed by atoms with Crippen molar-refractivity contribution in [3.05, 3.63) is 71.3 Å². The second-order valence-electron chi connectivity index (χ2n) is 8.51. The van der Waals surface area contributed by atoms with Crippen LogP contribution in [0.3, 0.4) is 0 Å². The van der Waals surface area contributed by atoms with Gasteiger partial charge in [-0.25, -0.2) is 9.97 Å². The molecular formula is C24H22F3N5O5. The Morgan fingerprint density at radius 3 is 2.38 bits per heavy atom. The molecule has 1 aliphatic carbocycles. The predicted molar refractivity (Wildman–Crippen MR) is 121 cm³/mol. The molecule has 0 bridgehead atoms. The maximum absolute atomic E-state index is 13.5. The first-order valence-corrected chi connectivity index (χ1v) is 11.1. The number of aromatic nitrogens is 3. The van der Waals surface area contributed by atoms with Gasteiger partial charge in [-0.1, -0.05) is 6.07 Å². The molecule has 4 rings (SSSR count). The number of aliphatic hydroxyl groups excluding tert-OH is 1. The Hall–Kier alpha value is -4.26. The fourth-order valence-corrected chi connectivity index (χ4v) is 3.42. The van der Waals surface area contributed by atoms with Crippen molar-refractivity contribution in [2.75, 3.05) is 0 Å². The van der Waals surface area contributed by atoms with Gasteiger partial charge in [0.1, 0.15) is 17.0 Å². The number of carbonyl (C=O) groups is 2. The van der Waals surface area contributed by atoms with Crippen LogP contribution in [0.1, 0.15) is 53.0 Å². The van der Waals surface area contributed by atoms with Crippen LogP contribution in [-0.4, -0.2) is 42.5 Å². The van der Waals surface area contributed by atoms with E-state index >= 15 is 0 Å². The number of hydrogen-bond donors (Lipinski definition) is 4. The number of carbonyl (C=O) groups excluding carboxylic acids is 2. The Labute approximate surface area is 208 Å². The van der Waals surface area contributed by atoms with E-state index in [1.807, 2.05) is 0 Å². The fraction of sp³-hybridized carbons (Fsp3) is 0.292. The van der Waals surface area contributed by atoms with Gasteiger partial charge in [-0.05, 0) is 49.6 Å². The summed E-state index contributed by atoms with van der Waals surface area (Å²) in [5.41, 5.74) is -1.51. The van der Waals surface area contributed by atoms with Crippen molar-refractivity contribution in [1.29, 1.82) is 0 Å². The number of hydrogen-bond acceptors (Lipinski definition) is 8. The molecule has 10 nitrogen and oxygen atoms in total. The van der Waals surface area contributed by atoms with Crippen LogP contribution in [0.5, 0.6) is 17.5 Å². The molecule has 2 heterocycles. The maximum Gasteiger partial charge on any atom is 0.419 e. The lowest BCUT2D eigenvalue weighted by Crippen LogP contribution is -2.48. The molecule has 0 aliphatic heterocycles. The molecule has 37 heavy (non-hydrogen) atoms. The van der Waals surface area contributed by atoms with Crippen molar-refractivity contribution in [2.45, 2.75) is 44.1 Å². The van der Waals surface area contributed by atoms with E-state index in [2.05, 4.69) is 25.6 Å². The highest BCUT2D eigenvalue weighted by molar-refractivity contribution is 6.00. The van der Waals surface area contributed by atoms with Gasteiger partial charge >= 0.3 is 12.2 Å². The van der Waals surface area contributed by atoms with E-state index in [4.69, 9.17) is 9.84 Å². The van der Waals surface area contributed by atoms with Gasteiger partial charge in [-0.3, -0.25) is 14.6 Å². The quantitative estimate of drug-likeness (QED) is 0.357. The van der Waals surface area contributed by atoms with Gasteiger partial charge < -0.3 is 25.6 Å². The highest BCUT2D eigenvalue weighted by atomic mass is 19.4. The Kier molecular flexibility index (Phi) is 6.99. The van der Waals surface area contributed by atoms with Crippen LogP contribution in [0.25, 0.3) is 0 Å². The average molecular weight is 517 g/mol. The summed E-state index contributed by atoms with van der Waals surface area (Å²) in [6, 6.07) is 5.73. The van der Waals surface area contributed by atoms with Crippen molar-refractivity contribution in [3.63, 3.8) is 0 Å². The van der Waals surface area contributed by atoms with E-state index in [1.54, 1.807) is 0 Å². The predicted octanol–water partition coefficient (Wildman–Crippen LogP) is 3.02. The van der Waals surface area contributed by atoms with Gasteiger partial charge in [-0.15, -0.1) is 0 Å². The number of nitrogens with zero attached hydrogens (tertiary/aromatic N) is 3. The van der Waals surface area contributed by atoms with Crippen molar-refractivity contribution in [1.82, 2.24) is 25.6 Å². The van der Waals surface area contributed by atoms with Crippen LogP contribution < -0.4 is 15.4 Å². The first-order chi connectivity index (χ1) is 17.5. The third-order valence-electron chi connectivity index (χ3n) is 5.68. The molecule has 194 valence electrons. The molecule has 3 aromatic rings. The minimum atomic E-state index is -4.69. The minimum Gasteiger partial charge on any atom is -0.479 e. The van der Waals surface area contributed by atoms with Crippen LogP contribution in [-0.2, 0) is 17.5 Å². The number of rotatable bonds is 8. The largest absolute Gasteiger partial charge is 0.479 e. The summed E-state index contributed by atoms with van der Waals surface area (Å²) >= 11 is 0. The van der Waals surface area contributed by atoms with Gasteiger partial charge in [0, 0.05) is 12.4 Å². The van der Waals surface area contributed by atoms with Crippen LogP contribution in [0.15, 0.2) is 48.9 Å². The number of ether oxygens (including phenoxy) is 1. The van der Waals surface area contributed by atoms with Gasteiger partial charge in [-0.2, -0.15) is 13.2 Å². The van der Waals surface area contributed by atoms with Crippen molar-refractivity contribution >= 4 is 11.8 Å². The number of nitrogens with one attached hydrogen (secondary N) is 2. The number of aromatic hydroxyl groups is 1. The second kappa shape index (κ2) is 10.0. The van der Waals surface area contributed by atoms with Gasteiger partial charge in [0.05, 0.1) is 35.7 Å². The number of benzene rings is 1. The lowest BCUT2D eigenvalue weighted by atomic mass is 10.1. The minimum absolute atomic E-state index is 0.00986. The number of pyridine rings is 1. The van der Waals surface area contributed by atoms with E-state index in [-0.39, 0.29) is 23.4 Å². The Morgan fingerprint density at radius 2 is 1.81 bits per heavy atom. The van der Waals surface area contributed by atoms with Crippen molar-refractivity contribution in [2.24, 2.45) is 0 Å². The summed E-state index contributed by atoms with van der Waals surface area (Å²) in [6.07, 6.45) is -1.41. The Morgan fingerprint density at radius 1 is 1.11 bits per heavy atom. The smallest absolute Gasteiger partial charge is 0.419 e. The zero-order chi connectivity index (χ0) is 26.8. The maximum atomic E-state index is 13.5. The van der Waals surface area contributed by atoms with Gasteiger partial charge in [0.25, 0.3) is 5.91 Å². The van der Waals surface area contributed by atoms with Crippen LogP contribution >= 0.6 is 0 Å². The van der Waals surface area contributed by atoms with E-state index in [0.29, 0.717) is 18.5 Å². The molecule has 1 aliphatic rings. The number of alkyl halides is 3. The molecule has 1 unspecified atom stereocenters. The molecule has 1 fully saturated rings. The van der Waals surface area contributed by atoms with E-state index < -0.39 is 47.0 Å². The SMILES string of the molecule is CC(O)c1ccc(Oc2ccc(CNC(=O)C3(NC(=O)c4cnc(O)nc4)CC3)nc2)c(C(F)(F)F)c1. The highest BCUT2D eigenvalue weighted by Crippen LogP contribution is 2.39. The summed E-state index contributed by atoms with van der Waals surface area (Å²) < 4.78 is 45.8. The van der Waals surface area contributed by atoms with Crippen LogP contribution in [0, 0.1) is 0 Å². The third-order valence-corrected chi connectivity index (χ3v) is 5.68. The highest BCUT2D eigenvalue weighted by Gasteiger charge is 2.51. The van der Waals surface area contributed by atoms with Crippen molar-refractivity contribution in [3.8, 4) is 17.5 Å². The van der Waals surface area contributed by atoms with E-state index in [1.165, 1.54) is 31.3 Å². The van der Waals surface area contributed by atoms with E-state index in [0.717, 1.165) is 24.5 Å². The Bertz CT molecular complexity index is 1290. The zero-order valence-electron chi connectivity index (χ0n) is 19.4. The monoisotopic (exact) mass is 517 g/mol. The first-order valence-electron chi connectivity index (χ1n) is 11.1. The van der Waals surface area contributed by atoms with Crippen molar-refractivity contribution < 1.29 is 37.7 Å². The Balaban J connectivity index is 1.36. The third kappa shape index (κ3) is 6.12.